The molecule has 0 saturated carbocycles. The number of aliphatic imine (C=N–C) groups is 1. The first-order valence-electron chi connectivity index (χ1n) is 11.3. The van der Waals surface area contributed by atoms with Gasteiger partial charge in [0.15, 0.2) is 5.96 Å². The summed E-state index contributed by atoms with van der Waals surface area (Å²) in [5, 5.41) is 3.63. The van der Waals surface area contributed by atoms with Crippen molar-refractivity contribution >= 4 is 36.0 Å². The maximum absolute atomic E-state index is 4.55. The molecule has 1 aromatic carbocycles. The Hall–Kier alpha value is -1.12. The molecule has 2 aliphatic heterocycles. The summed E-state index contributed by atoms with van der Waals surface area (Å²) in [5.74, 6) is 1.68. The van der Waals surface area contributed by atoms with E-state index in [9.17, 15) is 0 Å². The minimum atomic E-state index is 0. The van der Waals surface area contributed by atoms with E-state index in [0.29, 0.717) is 5.92 Å². The molecule has 0 amide bonds. The molecule has 0 radical (unpaired) electrons. The maximum atomic E-state index is 4.55. The number of hydrogen-bond acceptors (Lipinski definition) is 3. The normalized spacial score (nSPS) is 19.9. The van der Waals surface area contributed by atoms with Crippen LogP contribution in [0.2, 0.25) is 0 Å². The summed E-state index contributed by atoms with van der Waals surface area (Å²) in [6.07, 6.45) is 4.59. The van der Waals surface area contributed by atoms with Gasteiger partial charge in [0.25, 0.3) is 0 Å². The summed E-state index contributed by atoms with van der Waals surface area (Å²) in [4.78, 5) is 12.1. The number of halogens is 1. The van der Waals surface area contributed by atoms with Crippen LogP contribution in [0.15, 0.2) is 40.9 Å². The van der Waals surface area contributed by atoms with Crippen LogP contribution in [0.4, 0.5) is 0 Å². The van der Waals surface area contributed by atoms with Gasteiger partial charge >= 0.3 is 0 Å². The summed E-state index contributed by atoms with van der Waals surface area (Å²) in [7, 11) is 1.91. The molecule has 2 aliphatic rings. The molecule has 1 unspecified atom stereocenters. The van der Waals surface area contributed by atoms with Gasteiger partial charge in [-0.2, -0.15) is 0 Å². The van der Waals surface area contributed by atoms with Gasteiger partial charge < -0.3 is 20.0 Å². The van der Waals surface area contributed by atoms with Gasteiger partial charge in [-0.25, -0.2) is 0 Å². The number of piperidine rings is 1. The van der Waals surface area contributed by atoms with Crippen molar-refractivity contribution in [3.05, 3.63) is 41.5 Å². The first-order chi connectivity index (χ1) is 14.2. The van der Waals surface area contributed by atoms with Crippen LogP contribution < -0.4 is 5.32 Å². The minimum absolute atomic E-state index is 0. The van der Waals surface area contributed by atoms with Gasteiger partial charge in [-0.15, -0.1) is 24.0 Å². The van der Waals surface area contributed by atoms with Gasteiger partial charge in [-0.3, -0.25) is 4.99 Å². The van der Waals surface area contributed by atoms with E-state index in [2.05, 4.69) is 75.3 Å². The van der Waals surface area contributed by atoms with Crippen molar-refractivity contribution in [2.24, 2.45) is 10.9 Å². The van der Waals surface area contributed by atoms with Gasteiger partial charge in [-0.05, 0) is 30.9 Å². The van der Waals surface area contributed by atoms with E-state index in [4.69, 9.17) is 0 Å². The second-order valence-corrected chi connectivity index (χ2v) is 8.47. The zero-order chi connectivity index (χ0) is 20.5. The topological polar surface area (TPSA) is 34.1 Å². The Kier molecular flexibility index (Phi) is 11.2. The number of nitrogens with one attached hydrogen (secondary N) is 1. The highest BCUT2D eigenvalue weighted by Gasteiger charge is 2.20. The molecular formula is C24H40IN5. The fourth-order valence-electron chi connectivity index (χ4n) is 4.33. The van der Waals surface area contributed by atoms with Crippen molar-refractivity contribution in [1.82, 2.24) is 20.0 Å². The number of benzene rings is 1. The van der Waals surface area contributed by atoms with E-state index >= 15 is 0 Å². The molecule has 1 aromatic rings. The molecule has 30 heavy (non-hydrogen) atoms. The lowest BCUT2D eigenvalue weighted by Gasteiger charge is -2.36. The zero-order valence-electron chi connectivity index (χ0n) is 19.0. The quantitative estimate of drug-likeness (QED) is 0.350. The highest BCUT2D eigenvalue weighted by Crippen LogP contribution is 2.19. The summed E-state index contributed by atoms with van der Waals surface area (Å²) < 4.78 is 0. The Morgan fingerprint density at radius 1 is 1.03 bits per heavy atom. The Labute approximate surface area is 200 Å². The molecule has 1 N–H and O–H groups in total. The summed E-state index contributed by atoms with van der Waals surface area (Å²) in [6, 6.07) is 10.7. The van der Waals surface area contributed by atoms with E-state index in [1.165, 1.54) is 44.8 Å². The molecule has 2 saturated heterocycles. The van der Waals surface area contributed by atoms with Crippen molar-refractivity contribution in [3.8, 4) is 0 Å². The van der Waals surface area contributed by atoms with E-state index < -0.39 is 0 Å². The van der Waals surface area contributed by atoms with Crippen molar-refractivity contribution in [2.45, 2.75) is 26.7 Å². The molecule has 0 aromatic heterocycles. The lowest BCUT2D eigenvalue weighted by Crippen LogP contribution is -2.49. The van der Waals surface area contributed by atoms with Gasteiger partial charge in [0, 0.05) is 59.4 Å². The third-order valence-electron chi connectivity index (χ3n) is 6.18. The molecule has 168 valence electrons. The first kappa shape index (κ1) is 25.1. The van der Waals surface area contributed by atoms with Crippen molar-refractivity contribution in [1.29, 1.82) is 0 Å². The predicted octanol–water partition coefficient (Wildman–Crippen LogP) is 3.63. The Morgan fingerprint density at radius 3 is 2.27 bits per heavy atom. The standard InChI is InChI=1S/C24H39N5.HI/c1-4-27-14-16-28(17-15-27)20-21(2)19-26-24(25-3)29-12-10-23(11-13-29)18-22-8-6-5-7-9-22;/h5-9,18,21H,4,10-17,19-20H2,1-3H3,(H,25,26);1H. The summed E-state index contributed by atoms with van der Waals surface area (Å²) in [6.45, 7) is 14.9. The number of likely N-dealkylation sites (N-methyl/N-ethyl adjacent to an activating group) is 1. The monoisotopic (exact) mass is 525 g/mol. The molecule has 0 spiro atoms. The highest BCUT2D eigenvalue weighted by molar-refractivity contribution is 14.0. The van der Waals surface area contributed by atoms with Crippen LogP contribution in [-0.4, -0.2) is 86.6 Å². The largest absolute Gasteiger partial charge is 0.356 e. The van der Waals surface area contributed by atoms with Crippen molar-refractivity contribution in [3.63, 3.8) is 0 Å². The molecule has 1 atom stereocenters. The van der Waals surface area contributed by atoms with E-state index in [-0.39, 0.29) is 24.0 Å². The molecule has 2 heterocycles. The van der Waals surface area contributed by atoms with E-state index in [1.807, 2.05) is 7.05 Å². The van der Waals surface area contributed by atoms with Crippen LogP contribution in [0, 0.1) is 5.92 Å². The third kappa shape index (κ3) is 7.85. The number of rotatable bonds is 6. The molecule has 0 aliphatic carbocycles. The Morgan fingerprint density at radius 2 is 1.67 bits per heavy atom. The highest BCUT2D eigenvalue weighted by atomic mass is 127. The zero-order valence-corrected chi connectivity index (χ0v) is 21.3. The molecular weight excluding hydrogens is 485 g/mol. The second-order valence-electron chi connectivity index (χ2n) is 8.47. The van der Waals surface area contributed by atoms with Crippen molar-refractivity contribution < 1.29 is 0 Å². The average Bonchev–Trinajstić information content (AvgIpc) is 2.76. The summed E-state index contributed by atoms with van der Waals surface area (Å²) >= 11 is 0. The van der Waals surface area contributed by atoms with Crippen LogP contribution in [0.5, 0.6) is 0 Å². The molecule has 6 heteroatoms. The first-order valence-corrected chi connectivity index (χ1v) is 11.3. The van der Waals surface area contributed by atoms with Crippen LogP contribution >= 0.6 is 24.0 Å². The maximum Gasteiger partial charge on any atom is 0.193 e. The lowest BCUT2D eigenvalue weighted by atomic mass is 10.0. The van der Waals surface area contributed by atoms with Crippen LogP contribution in [0.3, 0.4) is 0 Å². The van der Waals surface area contributed by atoms with Crippen LogP contribution in [0.1, 0.15) is 32.3 Å². The Bertz CT molecular complexity index is 657. The molecule has 0 bridgehead atoms. The fraction of sp³-hybridized carbons (Fsp3) is 0.625. The van der Waals surface area contributed by atoms with E-state index in [0.717, 1.165) is 38.4 Å². The van der Waals surface area contributed by atoms with Gasteiger partial charge in [-0.1, -0.05) is 55.8 Å². The second kappa shape index (κ2) is 13.3. The summed E-state index contributed by atoms with van der Waals surface area (Å²) in [5.41, 5.74) is 2.86. The fourth-order valence-corrected chi connectivity index (χ4v) is 4.33. The van der Waals surface area contributed by atoms with Gasteiger partial charge in [0.1, 0.15) is 0 Å². The van der Waals surface area contributed by atoms with E-state index in [1.54, 1.807) is 5.57 Å². The van der Waals surface area contributed by atoms with Gasteiger partial charge in [0.2, 0.25) is 0 Å². The average molecular weight is 526 g/mol. The molecule has 3 rings (SSSR count). The smallest absolute Gasteiger partial charge is 0.193 e. The SMILES string of the molecule is CCN1CCN(CC(C)CNC(=NC)N2CCC(=Cc3ccccc3)CC2)CC1.I. The lowest BCUT2D eigenvalue weighted by molar-refractivity contribution is 0.124. The van der Waals surface area contributed by atoms with Crippen LogP contribution in [0.25, 0.3) is 6.08 Å². The number of hydrogen-bond donors (Lipinski definition) is 1. The van der Waals surface area contributed by atoms with Gasteiger partial charge in [0.05, 0.1) is 0 Å². The number of piperazine rings is 1. The Balaban J connectivity index is 0.00000320. The molecule has 2 fully saturated rings. The minimum Gasteiger partial charge on any atom is -0.356 e. The predicted molar refractivity (Wildman–Crippen MR) is 140 cm³/mol. The number of guanidine groups is 1. The third-order valence-corrected chi connectivity index (χ3v) is 6.18. The van der Waals surface area contributed by atoms with Crippen molar-refractivity contribution in [2.75, 3.05) is 66.0 Å². The number of likely N-dealkylation sites (tertiary alicyclic amines) is 1. The number of nitrogens with zero attached hydrogens (tertiary/aromatic N) is 4. The molecule has 5 nitrogen and oxygen atoms in total. The van der Waals surface area contributed by atoms with Crippen LogP contribution in [-0.2, 0) is 0 Å².